The second kappa shape index (κ2) is 7.22. The highest BCUT2D eigenvalue weighted by atomic mass is 32.1. The fourth-order valence-corrected chi connectivity index (χ4v) is 3.43. The maximum absolute atomic E-state index is 12.2. The molecule has 1 aromatic heterocycles. The molecule has 116 valence electrons. The molecule has 22 heavy (non-hydrogen) atoms. The van der Waals surface area contributed by atoms with Crippen molar-refractivity contribution >= 4 is 38.2 Å². The summed E-state index contributed by atoms with van der Waals surface area (Å²) in [6.07, 6.45) is 1.25. The van der Waals surface area contributed by atoms with Crippen molar-refractivity contribution < 1.29 is 9.59 Å². The smallest absolute Gasteiger partial charge is 0.247 e. The van der Waals surface area contributed by atoms with Crippen molar-refractivity contribution in [3.05, 3.63) is 43.0 Å². The van der Waals surface area contributed by atoms with E-state index in [2.05, 4.69) is 6.58 Å². The van der Waals surface area contributed by atoms with Crippen LogP contribution in [0.3, 0.4) is 0 Å². The summed E-state index contributed by atoms with van der Waals surface area (Å²) in [6.45, 7) is 8.66. The molecule has 1 aliphatic heterocycles. The van der Waals surface area contributed by atoms with E-state index >= 15 is 0 Å². The third-order valence-corrected chi connectivity index (χ3v) is 4.52. The van der Waals surface area contributed by atoms with Crippen molar-refractivity contribution in [2.75, 3.05) is 24.5 Å². The SMILES string of the molecule is C=CC(=O)N1CCN(c2cc3ccccc3s2)C(=O)C1.CC. The number of benzene rings is 1. The summed E-state index contributed by atoms with van der Waals surface area (Å²) in [5.74, 6) is -0.229. The summed E-state index contributed by atoms with van der Waals surface area (Å²) in [6, 6.07) is 10.1. The van der Waals surface area contributed by atoms with Gasteiger partial charge in [-0.25, -0.2) is 0 Å². The standard InChI is InChI=1S/C15H14N2O2S.C2H6/c1-2-13(18)16-7-8-17(14(19)10-16)15-9-11-5-3-4-6-12(11)20-15;1-2/h2-6,9H,1,7-8,10H2;1-2H3. The molecular weight excluding hydrogens is 296 g/mol. The second-order valence-corrected chi connectivity index (χ2v) is 5.69. The molecule has 0 aliphatic carbocycles. The van der Waals surface area contributed by atoms with Crippen molar-refractivity contribution in [3.8, 4) is 0 Å². The van der Waals surface area contributed by atoms with Crippen LogP contribution in [0.2, 0.25) is 0 Å². The molecule has 0 spiro atoms. The Hall–Kier alpha value is -2.14. The third-order valence-electron chi connectivity index (χ3n) is 3.39. The van der Waals surface area contributed by atoms with Gasteiger partial charge in [-0.2, -0.15) is 0 Å². The van der Waals surface area contributed by atoms with Crippen LogP contribution in [0.15, 0.2) is 43.0 Å². The normalized spacial score (nSPS) is 14.5. The number of carbonyl (C=O) groups excluding carboxylic acids is 2. The van der Waals surface area contributed by atoms with Gasteiger partial charge >= 0.3 is 0 Å². The number of amides is 2. The molecule has 0 radical (unpaired) electrons. The summed E-state index contributed by atoms with van der Waals surface area (Å²) in [7, 11) is 0. The summed E-state index contributed by atoms with van der Waals surface area (Å²) < 4.78 is 1.17. The van der Waals surface area contributed by atoms with Crippen LogP contribution in [0.5, 0.6) is 0 Å². The van der Waals surface area contributed by atoms with E-state index in [0.29, 0.717) is 13.1 Å². The monoisotopic (exact) mass is 316 g/mol. The van der Waals surface area contributed by atoms with E-state index in [1.807, 2.05) is 44.2 Å². The largest absolute Gasteiger partial charge is 0.328 e. The minimum Gasteiger partial charge on any atom is -0.328 e. The number of thiophene rings is 1. The van der Waals surface area contributed by atoms with Crippen LogP contribution in [-0.2, 0) is 9.59 Å². The lowest BCUT2D eigenvalue weighted by molar-refractivity contribution is -0.133. The van der Waals surface area contributed by atoms with Crippen LogP contribution in [0.25, 0.3) is 10.1 Å². The highest BCUT2D eigenvalue weighted by Gasteiger charge is 2.27. The molecule has 0 bridgehead atoms. The number of rotatable bonds is 2. The Morgan fingerprint density at radius 2 is 2.00 bits per heavy atom. The number of fused-ring (bicyclic) bond motifs is 1. The topological polar surface area (TPSA) is 40.6 Å². The van der Waals surface area contributed by atoms with Crippen molar-refractivity contribution in [2.24, 2.45) is 0 Å². The van der Waals surface area contributed by atoms with Gasteiger partial charge in [0.15, 0.2) is 0 Å². The molecule has 2 amide bonds. The molecule has 0 saturated carbocycles. The first-order chi connectivity index (χ1) is 10.7. The van der Waals surface area contributed by atoms with Gasteiger partial charge in [0.05, 0.1) is 5.00 Å². The minimum absolute atomic E-state index is 0.0435. The molecule has 1 fully saturated rings. The maximum atomic E-state index is 12.2. The molecular formula is C17H20N2O2S. The first kappa shape index (κ1) is 16.2. The molecule has 1 aliphatic rings. The van der Waals surface area contributed by atoms with Crippen LogP contribution in [0, 0.1) is 0 Å². The maximum Gasteiger partial charge on any atom is 0.247 e. The first-order valence-electron chi connectivity index (χ1n) is 7.39. The number of hydrogen-bond donors (Lipinski definition) is 0. The van der Waals surface area contributed by atoms with Crippen LogP contribution >= 0.6 is 11.3 Å². The van der Waals surface area contributed by atoms with Gasteiger partial charge < -0.3 is 9.80 Å². The molecule has 3 rings (SSSR count). The number of anilines is 1. The van der Waals surface area contributed by atoms with Crippen LogP contribution in [0.1, 0.15) is 13.8 Å². The van der Waals surface area contributed by atoms with E-state index < -0.39 is 0 Å². The van der Waals surface area contributed by atoms with Crippen LogP contribution < -0.4 is 4.90 Å². The van der Waals surface area contributed by atoms with Gasteiger partial charge in [-0.05, 0) is 23.6 Å². The van der Waals surface area contributed by atoms with Gasteiger partial charge in [0.2, 0.25) is 11.8 Å². The van der Waals surface area contributed by atoms with Gasteiger partial charge in [0, 0.05) is 17.8 Å². The molecule has 2 heterocycles. The van der Waals surface area contributed by atoms with Gasteiger partial charge in [-0.1, -0.05) is 38.6 Å². The summed E-state index contributed by atoms with van der Waals surface area (Å²) in [5.41, 5.74) is 0. The fraction of sp³-hybridized carbons (Fsp3) is 0.294. The van der Waals surface area contributed by atoms with Gasteiger partial charge in [-0.15, -0.1) is 11.3 Å². The zero-order valence-electron chi connectivity index (χ0n) is 12.9. The van der Waals surface area contributed by atoms with E-state index in [4.69, 9.17) is 0 Å². The fourth-order valence-electron chi connectivity index (χ4n) is 2.32. The van der Waals surface area contributed by atoms with E-state index in [-0.39, 0.29) is 18.4 Å². The lowest BCUT2D eigenvalue weighted by atomic mass is 10.2. The predicted molar refractivity (Wildman–Crippen MR) is 92.3 cm³/mol. The third kappa shape index (κ3) is 3.20. The highest BCUT2D eigenvalue weighted by molar-refractivity contribution is 7.23. The molecule has 1 aromatic carbocycles. The summed E-state index contributed by atoms with van der Waals surface area (Å²) in [4.78, 5) is 27.0. The molecule has 1 saturated heterocycles. The minimum atomic E-state index is -0.186. The van der Waals surface area contributed by atoms with Crippen molar-refractivity contribution in [1.29, 1.82) is 0 Å². The Bertz CT molecular complexity index is 660. The van der Waals surface area contributed by atoms with Crippen LogP contribution in [-0.4, -0.2) is 36.3 Å². The van der Waals surface area contributed by atoms with E-state index in [9.17, 15) is 9.59 Å². The zero-order valence-corrected chi connectivity index (χ0v) is 13.7. The second-order valence-electron chi connectivity index (χ2n) is 4.63. The number of hydrogen-bond acceptors (Lipinski definition) is 3. The van der Waals surface area contributed by atoms with E-state index in [1.54, 1.807) is 16.2 Å². The zero-order chi connectivity index (χ0) is 16.1. The highest BCUT2D eigenvalue weighted by Crippen LogP contribution is 2.33. The molecule has 4 nitrogen and oxygen atoms in total. The Morgan fingerprint density at radius 3 is 2.64 bits per heavy atom. The summed E-state index contributed by atoms with van der Waals surface area (Å²) in [5, 5.41) is 2.09. The predicted octanol–water partition coefficient (Wildman–Crippen LogP) is 3.29. The summed E-state index contributed by atoms with van der Waals surface area (Å²) >= 11 is 1.60. The average Bonchev–Trinajstić information content (AvgIpc) is 2.99. The van der Waals surface area contributed by atoms with Crippen LogP contribution in [0.4, 0.5) is 5.00 Å². The first-order valence-corrected chi connectivity index (χ1v) is 8.21. The van der Waals surface area contributed by atoms with E-state index in [0.717, 1.165) is 10.4 Å². The van der Waals surface area contributed by atoms with E-state index in [1.165, 1.54) is 15.7 Å². The Balaban J connectivity index is 0.000000847. The van der Waals surface area contributed by atoms with Crippen molar-refractivity contribution in [3.63, 3.8) is 0 Å². The number of piperazine rings is 1. The van der Waals surface area contributed by atoms with Gasteiger partial charge in [0.25, 0.3) is 0 Å². The Kier molecular flexibility index (Phi) is 5.33. The molecule has 0 N–H and O–H groups in total. The lowest BCUT2D eigenvalue weighted by Crippen LogP contribution is -2.51. The Morgan fingerprint density at radius 1 is 1.27 bits per heavy atom. The molecule has 5 heteroatoms. The molecule has 0 unspecified atom stereocenters. The van der Waals surface area contributed by atoms with Crippen molar-refractivity contribution in [1.82, 2.24) is 4.90 Å². The lowest BCUT2D eigenvalue weighted by Gasteiger charge is -2.32. The Labute approximate surface area is 134 Å². The van der Waals surface area contributed by atoms with Gasteiger partial charge in [-0.3, -0.25) is 9.59 Å². The quantitative estimate of drug-likeness (QED) is 0.798. The average molecular weight is 316 g/mol. The van der Waals surface area contributed by atoms with Gasteiger partial charge in [0.1, 0.15) is 6.54 Å². The molecule has 0 atom stereocenters. The number of carbonyl (C=O) groups is 2. The van der Waals surface area contributed by atoms with Crippen molar-refractivity contribution in [2.45, 2.75) is 13.8 Å². The molecule has 2 aromatic rings. The number of nitrogens with zero attached hydrogens (tertiary/aromatic N) is 2.